The first-order chi connectivity index (χ1) is 14.6. The molecule has 3 rings (SSSR count). The molecule has 0 aliphatic carbocycles. The SMILES string of the molecule is CCN(CC)CCNC(=O)c1ccc(Nc2cncc(-c3ccc(O)cc3)n2)cc1. The molecule has 0 radical (unpaired) electrons. The Balaban J connectivity index is 1.60. The number of phenolic OH excluding ortho intramolecular Hbond substituents is 1. The minimum absolute atomic E-state index is 0.0807. The number of aromatic hydroxyl groups is 1. The molecule has 7 heteroatoms. The van der Waals surface area contributed by atoms with E-state index in [9.17, 15) is 9.90 Å². The molecule has 1 amide bonds. The Kier molecular flexibility index (Phi) is 7.34. The Bertz CT molecular complexity index is 954. The van der Waals surface area contributed by atoms with E-state index in [0.29, 0.717) is 23.6 Å². The number of benzene rings is 2. The van der Waals surface area contributed by atoms with Crippen LogP contribution in [0.5, 0.6) is 5.75 Å². The van der Waals surface area contributed by atoms with Gasteiger partial charge >= 0.3 is 0 Å². The first-order valence-electron chi connectivity index (χ1n) is 10.1. The molecule has 1 heterocycles. The molecule has 30 heavy (non-hydrogen) atoms. The van der Waals surface area contributed by atoms with Gasteiger partial charge in [0, 0.05) is 29.9 Å². The van der Waals surface area contributed by atoms with Gasteiger partial charge in [0.1, 0.15) is 11.6 Å². The highest BCUT2D eigenvalue weighted by Gasteiger charge is 2.07. The molecule has 2 aromatic carbocycles. The van der Waals surface area contributed by atoms with Gasteiger partial charge in [0.15, 0.2) is 0 Å². The normalized spacial score (nSPS) is 10.8. The van der Waals surface area contributed by atoms with Crippen molar-refractivity contribution in [2.24, 2.45) is 0 Å². The fourth-order valence-corrected chi connectivity index (χ4v) is 3.02. The quantitative estimate of drug-likeness (QED) is 0.503. The summed E-state index contributed by atoms with van der Waals surface area (Å²) in [6.45, 7) is 7.64. The zero-order chi connectivity index (χ0) is 21.3. The second-order valence-electron chi connectivity index (χ2n) is 6.82. The first kappa shape index (κ1) is 21.3. The predicted molar refractivity (Wildman–Crippen MR) is 119 cm³/mol. The van der Waals surface area contributed by atoms with Crippen LogP contribution in [0.15, 0.2) is 60.9 Å². The fraction of sp³-hybridized carbons (Fsp3) is 0.261. The maximum atomic E-state index is 12.3. The van der Waals surface area contributed by atoms with Gasteiger partial charge in [0.2, 0.25) is 0 Å². The molecule has 0 spiro atoms. The summed E-state index contributed by atoms with van der Waals surface area (Å²) in [5, 5.41) is 15.6. The van der Waals surface area contributed by atoms with Gasteiger partial charge in [0.25, 0.3) is 5.91 Å². The summed E-state index contributed by atoms with van der Waals surface area (Å²) < 4.78 is 0. The van der Waals surface area contributed by atoms with Crippen LogP contribution >= 0.6 is 0 Å². The van der Waals surface area contributed by atoms with Crippen molar-refractivity contribution in [2.45, 2.75) is 13.8 Å². The number of carbonyl (C=O) groups excluding carboxylic acids is 1. The molecular formula is C23H27N5O2. The number of hydrogen-bond donors (Lipinski definition) is 3. The monoisotopic (exact) mass is 405 g/mol. The lowest BCUT2D eigenvalue weighted by molar-refractivity contribution is 0.0949. The van der Waals surface area contributed by atoms with E-state index in [4.69, 9.17) is 0 Å². The van der Waals surface area contributed by atoms with Crippen LogP contribution < -0.4 is 10.6 Å². The van der Waals surface area contributed by atoms with E-state index in [-0.39, 0.29) is 11.7 Å². The van der Waals surface area contributed by atoms with Gasteiger partial charge in [0.05, 0.1) is 18.1 Å². The van der Waals surface area contributed by atoms with E-state index in [0.717, 1.165) is 30.9 Å². The van der Waals surface area contributed by atoms with Crippen LogP contribution in [0.4, 0.5) is 11.5 Å². The van der Waals surface area contributed by atoms with Gasteiger partial charge in [-0.1, -0.05) is 13.8 Å². The summed E-state index contributed by atoms with van der Waals surface area (Å²) in [5.41, 5.74) is 2.99. The molecule has 0 saturated heterocycles. The van der Waals surface area contributed by atoms with Crippen molar-refractivity contribution < 1.29 is 9.90 Å². The number of anilines is 2. The zero-order valence-corrected chi connectivity index (χ0v) is 17.3. The first-order valence-corrected chi connectivity index (χ1v) is 10.1. The van der Waals surface area contributed by atoms with Crippen LogP contribution in [0.1, 0.15) is 24.2 Å². The Morgan fingerprint density at radius 3 is 2.37 bits per heavy atom. The molecular weight excluding hydrogens is 378 g/mol. The molecule has 3 aromatic rings. The largest absolute Gasteiger partial charge is 0.508 e. The Hall–Kier alpha value is -3.45. The third-order valence-corrected chi connectivity index (χ3v) is 4.83. The van der Waals surface area contributed by atoms with Crippen molar-refractivity contribution >= 4 is 17.4 Å². The fourth-order valence-electron chi connectivity index (χ4n) is 3.02. The lowest BCUT2D eigenvalue weighted by Crippen LogP contribution is -2.34. The lowest BCUT2D eigenvalue weighted by atomic mass is 10.1. The third-order valence-electron chi connectivity index (χ3n) is 4.83. The average molecular weight is 406 g/mol. The number of aromatic nitrogens is 2. The summed E-state index contributed by atoms with van der Waals surface area (Å²) >= 11 is 0. The molecule has 0 atom stereocenters. The van der Waals surface area contributed by atoms with Crippen LogP contribution in [0.25, 0.3) is 11.3 Å². The summed E-state index contributed by atoms with van der Waals surface area (Å²) in [4.78, 5) is 23.4. The second kappa shape index (κ2) is 10.4. The van der Waals surface area contributed by atoms with Crippen LogP contribution in [0.3, 0.4) is 0 Å². The van der Waals surface area contributed by atoms with Crippen molar-refractivity contribution in [3.63, 3.8) is 0 Å². The molecule has 0 unspecified atom stereocenters. The van der Waals surface area contributed by atoms with Gasteiger partial charge < -0.3 is 20.6 Å². The van der Waals surface area contributed by atoms with E-state index in [1.54, 1.807) is 48.8 Å². The van der Waals surface area contributed by atoms with Gasteiger partial charge in [-0.15, -0.1) is 0 Å². The molecule has 3 N–H and O–H groups in total. The van der Waals surface area contributed by atoms with Gasteiger partial charge in [-0.2, -0.15) is 0 Å². The van der Waals surface area contributed by atoms with Gasteiger partial charge in [-0.3, -0.25) is 9.78 Å². The molecule has 0 fully saturated rings. The highest BCUT2D eigenvalue weighted by atomic mass is 16.3. The molecule has 7 nitrogen and oxygen atoms in total. The standard InChI is InChI=1S/C23H27N5O2/c1-3-28(4-2)14-13-25-23(30)18-5-9-19(10-6-18)26-22-16-24-15-21(27-22)17-7-11-20(29)12-8-17/h5-12,15-16,29H,3-4,13-14H2,1-2H3,(H,25,30)(H,26,27). The van der Waals surface area contributed by atoms with E-state index in [1.807, 2.05) is 12.1 Å². The molecule has 156 valence electrons. The Labute approximate surface area is 176 Å². The van der Waals surface area contributed by atoms with Crippen molar-refractivity contribution in [1.29, 1.82) is 0 Å². The maximum Gasteiger partial charge on any atom is 0.251 e. The molecule has 0 aliphatic heterocycles. The minimum Gasteiger partial charge on any atom is -0.508 e. The number of nitrogens with zero attached hydrogens (tertiary/aromatic N) is 3. The number of hydrogen-bond acceptors (Lipinski definition) is 6. The Morgan fingerprint density at radius 2 is 1.70 bits per heavy atom. The van der Waals surface area contributed by atoms with E-state index < -0.39 is 0 Å². The van der Waals surface area contributed by atoms with Gasteiger partial charge in [-0.25, -0.2) is 4.98 Å². The Morgan fingerprint density at radius 1 is 1.00 bits per heavy atom. The number of nitrogens with one attached hydrogen (secondary N) is 2. The van der Waals surface area contributed by atoms with Gasteiger partial charge in [-0.05, 0) is 61.6 Å². The molecule has 0 aliphatic rings. The van der Waals surface area contributed by atoms with Crippen molar-refractivity contribution in [3.05, 3.63) is 66.5 Å². The molecule has 0 saturated carbocycles. The third kappa shape index (κ3) is 5.78. The summed E-state index contributed by atoms with van der Waals surface area (Å²) in [6.07, 6.45) is 3.31. The molecule has 0 bridgehead atoms. The lowest BCUT2D eigenvalue weighted by Gasteiger charge is -2.18. The number of phenols is 1. The summed E-state index contributed by atoms with van der Waals surface area (Å²) in [6, 6.07) is 14.1. The predicted octanol–water partition coefficient (Wildman–Crippen LogP) is 3.66. The topological polar surface area (TPSA) is 90.4 Å². The number of carbonyl (C=O) groups is 1. The molecule has 1 aromatic heterocycles. The van der Waals surface area contributed by atoms with Crippen molar-refractivity contribution in [3.8, 4) is 17.0 Å². The highest BCUT2D eigenvalue weighted by Crippen LogP contribution is 2.22. The number of amides is 1. The second-order valence-corrected chi connectivity index (χ2v) is 6.82. The van der Waals surface area contributed by atoms with E-state index in [1.165, 1.54) is 0 Å². The highest BCUT2D eigenvalue weighted by molar-refractivity contribution is 5.94. The number of likely N-dealkylation sites (N-methyl/N-ethyl adjacent to an activating group) is 1. The summed E-state index contributed by atoms with van der Waals surface area (Å²) in [7, 11) is 0. The summed E-state index contributed by atoms with van der Waals surface area (Å²) in [5.74, 6) is 0.720. The average Bonchev–Trinajstić information content (AvgIpc) is 2.78. The smallest absolute Gasteiger partial charge is 0.251 e. The van der Waals surface area contributed by atoms with Crippen LogP contribution in [0.2, 0.25) is 0 Å². The number of rotatable bonds is 9. The zero-order valence-electron chi connectivity index (χ0n) is 17.3. The van der Waals surface area contributed by atoms with Crippen molar-refractivity contribution in [1.82, 2.24) is 20.2 Å². The van der Waals surface area contributed by atoms with Crippen molar-refractivity contribution in [2.75, 3.05) is 31.5 Å². The van der Waals surface area contributed by atoms with Crippen LogP contribution in [0, 0.1) is 0 Å². The van der Waals surface area contributed by atoms with Crippen LogP contribution in [-0.2, 0) is 0 Å². The maximum absolute atomic E-state index is 12.3. The minimum atomic E-state index is -0.0807. The van der Waals surface area contributed by atoms with Crippen LogP contribution in [-0.4, -0.2) is 52.1 Å². The van der Waals surface area contributed by atoms with E-state index >= 15 is 0 Å². The van der Waals surface area contributed by atoms with E-state index in [2.05, 4.69) is 39.3 Å².